The van der Waals surface area contributed by atoms with Crippen LogP contribution in [0.5, 0.6) is 0 Å². The maximum atomic E-state index is 11.6. The molecule has 1 aromatic rings. The van der Waals surface area contributed by atoms with Crippen LogP contribution in [0, 0.1) is 6.92 Å². The van der Waals surface area contributed by atoms with Crippen LogP contribution in [-0.2, 0) is 4.79 Å². The molecule has 2 N–H and O–H groups in total. The second kappa shape index (κ2) is 3.74. The number of benzene rings is 1. The molecule has 1 atom stereocenters. The Kier molecular flexibility index (Phi) is 2.57. The summed E-state index contributed by atoms with van der Waals surface area (Å²) < 4.78 is 0. The molecule has 1 aromatic carbocycles. The molecule has 0 radical (unpaired) electrons. The molecule has 3 nitrogen and oxygen atoms in total. The van der Waals surface area contributed by atoms with Crippen molar-refractivity contribution in [3.8, 4) is 0 Å². The van der Waals surface area contributed by atoms with Crippen LogP contribution in [0.1, 0.15) is 18.9 Å². The van der Waals surface area contributed by atoms with Crippen LogP contribution in [0.15, 0.2) is 12.1 Å². The third kappa shape index (κ3) is 1.67. The zero-order valence-electron chi connectivity index (χ0n) is 8.73. The monoisotopic (exact) mass is 224 g/mol. The lowest BCUT2D eigenvalue weighted by Crippen LogP contribution is -2.38. The fourth-order valence-electron chi connectivity index (χ4n) is 1.72. The number of rotatable bonds is 1. The third-order valence-electron chi connectivity index (χ3n) is 2.70. The lowest BCUT2D eigenvalue weighted by Gasteiger charge is -2.27. The summed E-state index contributed by atoms with van der Waals surface area (Å²) in [7, 11) is 0. The molecule has 0 aliphatic carbocycles. The smallest absolute Gasteiger partial charge is 0.246 e. The van der Waals surface area contributed by atoms with Crippen LogP contribution in [0.2, 0.25) is 5.02 Å². The molecule has 1 aliphatic heterocycles. The van der Waals surface area contributed by atoms with Crippen molar-refractivity contribution >= 4 is 28.9 Å². The minimum absolute atomic E-state index is 0.00960. The number of halogens is 1. The highest BCUT2D eigenvalue weighted by Crippen LogP contribution is 2.34. The summed E-state index contributed by atoms with van der Waals surface area (Å²) in [4.78, 5) is 11.6. The van der Waals surface area contributed by atoms with Gasteiger partial charge in [0.1, 0.15) is 6.04 Å². The Bertz CT molecular complexity index is 417. The van der Waals surface area contributed by atoms with E-state index in [2.05, 4.69) is 10.6 Å². The Hall–Kier alpha value is -1.22. The molecule has 0 aromatic heterocycles. The lowest BCUT2D eigenvalue weighted by atomic mass is 10.1. The molecule has 0 bridgehead atoms. The van der Waals surface area contributed by atoms with E-state index < -0.39 is 0 Å². The quantitative estimate of drug-likeness (QED) is 0.770. The third-order valence-corrected chi connectivity index (χ3v) is 3.11. The summed E-state index contributed by atoms with van der Waals surface area (Å²) in [6, 6.07) is 3.60. The van der Waals surface area contributed by atoms with Crippen LogP contribution in [0.25, 0.3) is 0 Å². The Morgan fingerprint density at radius 2 is 2.20 bits per heavy atom. The molecule has 0 saturated carbocycles. The molecule has 0 spiro atoms. The van der Waals surface area contributed by atoms with Gasteiger partial charge in [-0.3, -0.25) is 4.79 Å². The zero-order valence-corrected chi connectivity index (χ0v) is 9.48. The second-order valence-electron chi connectivity index (χ2n) is 3.69. The highest BCUT2D eigenvalue weighted by molar-refractivity contribution is 6.32. The van der Waals surface area contributed by atoms with Crippen molar-refractivity contribution in [3.05, 3.63) is 22.7 Å². The van der Waals surface area contributed by atoms with Gasteiger partial charge in [0, 0.05) is 5.02 Å². The van der Waals surface area contributed by atoms with Gasteiger partial charge in [0.2, 0.25) is 5.91 Å². The second-order valence-corrected chi connectivity index (χ2v) is 4.10. The average Bonchev–Trinajstić information content (AvgIpc) is 2.24. The van der Waals surface area contributed by atoms with Gasteiger partial charge in [0.15, 0.2) is 0 Å². The number of hydrogen-bond donors (Lipinski definition) is 2. The van der Waals surface area contributed by atoms with Crippen LogP contribution in [0.3, 0.4) is 0 Å². The number of carbonyl (C=O) groups is 1. The number of amides is 1. The first-order valence-electron chi connectivity index (χ1n) is 5.00. The molecule has 1 unspecified atom stereocenters. The van der Waals surface area contributed by atoms with Crippen molar-refractivity contribution < 1.29 is 4.79 Å². The number of carbonyl (C=O) groups excluding carboxylic acids is 1. The van der Waals surface area contributed by atoms with Gasteiger partial charge in [-0.1, -0.05) is 18.5 Å². The molecule has 80 valence electrons. The van der Waals surface area contributed by atoms with Crippen LogP contribution < -0.4 is 10.6 Å². The number of hydrogen-bond acceptors (Lipinski definition) is 2. The number of fused-ring (bicyclic) bond motifs is 1. The van der Waals surface area contributed by atoms with E-state index in [1.54, 1.807) is 0 Å². The SMILES string of the molecule is CCC1Nc2ccc(Cl)c(C)c2NC1=O. The van der Waals surface area contributed by atoms with Gasteiger partial charge < -0.3 is 10.6 Å². The summed E-state index contributed by atoms with van der Waals surface area (Å²) in [6.07, 6.45) is 0.771. The standard InChI is InChI=1S/C11H13ClN2O/c1-3-8-11(15)14-10-6(2)7(12)4-5-9(10)13-8/h4-5,8,13H,3H2,1-2H3,(H,14,15). The van der Waals surface area contributed by atoms with E-state index in [1.807, 2.05) is 26.0 Å². The molecule has 1 amide bonds. The van der Waals surface area contributed by atoms with Crippen LogP contribution >= 0.6 is 11.6 Å². The highest BCUT2D eigenvalue weighted by atomic mass is 35.5. The van der Waals surface area contributed by atoms with Crippen molar-refractivity contribution in [2.75, 3.05) is 10.6 Å². The Balaban J connectivity index is 2.45. The van der Waals surface area contributed by atoms with E-state index in [9.17, 15) is 4.79 Å². The molecular formula is C11H13ClN2O. The van der Waals surface area contributed by atoms with Crippen molar-refractivity contribution in [3.63, 3.8) is 0 Å². The van der Waals surface area contributed by atoms with Gasteiger partial charge in [0.25, 0.3) is 0 Å². The van der Waals surface area contributed by atoms with Crippen molar-refractivity contribution in [2.24, 2.45) is 0 Å². The summed E-state index contributed by atoms with van der Waals surface area (Å²) in [5, 5.41) is 6.75. The molecule has 2 rings (SSSR count). The number of anilines is 2. The van der Waals surface area contributed by atoms with Gasteiger partial charge in [-0.25, -0.2) is 0 Å². The maximum Gasteiger partial charge on any atom is 0.246 e. The van der Waals surface area contributed by atoms with E-state index in [1.165, 1.54) is 0 Å². The van der Waals surface area contributed by atoms with E-state index in [0.717, 1.165) is 23.4 Å². The predicted molar refractivity (Wildman–Crippen MR) is 62.5 cm³/mol. The topological polar surface area (TPSA) is 41.1 Å². The minimum atomic E-state index is -0.141. The maximum absolute atomic E-state index is 11.6. The fraction of sp³-hybridized carbons (Fsp3) is 0.364. The van der Waals surface area contributed by atoms with Gasteiger partial charge in [-0.15, -0.1) is 0 Å². The van der Waals surface area contributed by atoms with Gasteiger partial charge in [0.05, 0.1) is 11.4 Å². The van der Waals surface area contributed by atoms with Crippen LogP contribution in [-0.4, -0.2) is 11.9 Å². The van der Waals surface area contributed by atoms with E-state index in [0.29, 0.717) is 5.02 Å². The summed E-state index contributed by atoms with van der Waals surface area (Å²) in [6.45, 7) is 3.88. The first kappa shape index (κ1) is 10.3. The molecule has 1 aliphatic rings. The van der Waals surface area contributed by atoms with Crippen molar-refractivity contribution in [1.82, 2.24) is 0 Å². The van der Waals surface area contributed by atoms with Gasteiger partial charge >= 0.3 is 0 Å². The van der Waals surface area contributed by atoms with Gasteiger partial charge in [-0.05, 0) is 31.0 Å². The normalized spacial score (nSPS) is 19.1. The first-order chi connectivity index (χ1) is 7.13. The molecular weight excluding hydrogens is 212 g/mol. The van der Waals surface area contributed by atoms with E-state index in [-0.39, 0.29) is 11.9 Å². The molecule has 0 fully saturated rings. The minimum Gasteiger partial charge on any atom is -0.372 e. The Morgan fingerprint density at radius 1 is 1.47 bits per heavy atom. The highest BCUT2D eigenvalue weighted by Gasteiger charge is 2.25. The average molecular weight is 225 g/mol. The first-order valence-corrected chi connectivity index (χ1v) is 5.37. The molecule has 1 heterocycles. The van der Waals surface area contributed by atoms with Crippen molar-refractivity contribution in [1.29, 1.82) is 0 Å². The summed E-state index contributed by atoms with van der Waals surface area (Å²) in [5.41, 5.74) is 2.66. The Labute approximate surface area is 93.8 Å². The summed E-state index contributed by atoms with van der Waals surface area (Å²) in [5.74, 6) is 0.00960. The summed E-state index contributed by atoms with van der Waals surface area (Å²) >= 11 is 5.98. The van der Waals surface area contributed by atoms with Crippen molar-refractivity contribution in [2.45, 2.75) is 26.3 Å². The molecule has 4 heteroatoms. The largest absolute Gasteiger partial charge is 0.372 e. The zero-order chi connectivity index (χ0) is 11.0. The van der Waals surface area contributed by atoms with Crippen LogP contribution in [0.4, 0.5) is 11.4 Å². The molecule has 15 heavy (non-hydrogen) atoms. The molecule has 0 saturated heterocycles. The fourth-order valence-corrected chi connectivity index (χ4v) is 1.88. The number of nitrogens with one attached hydrogen (secondary N) is 2. The van der Waals surface area contributed by atoms with E-state index >= 15 is 0 Å². The lowest BCUT2D eigenvalue weighted by molar-refractivity contribution is -0.117. The predicted octanol–water partition coefficient (Wildman–Crippen LogP) is 2.79. The van der Waals surface area contributed by atoms with E-state index in [4.69, 9.17) is 11.6 Å². The Morgan fingerprint density at radius 3 is 2.87 bits per heavy atom. The van der Waals surface area contributed by atoms with Gasteiger partial charge in [-0.2, -0.15) is 0 Å².